The van der Waals surface area contributed by atoms with E-state index in [0.29, 0.717) is 17.5 Å². The lowest BCUT2D eigenvalue weighted by molar-refractivity contribution is 0.407. The highest BCUT2D eigenvalue weighted by Gasteiger charge is 2.25. The summed E-state index contributed by atoms with van der Waals surface area (Å²) in [6, 6.07) is 7.52. The van der Waals surface area contributed by atoms with Crippen LogP contribution in [0, 0.1) is 0 Å². The van der Waals surface area contributed by atoms with Gasteiger partial charge in [0.15, 0.2) is 0 Å². The van der Waals surface area contributed by atoms with Gasteiger partial charge in [0.05, 0.1) is 4.90 Å². The fraction of sp³-hybridized carbons (Fsp3) is 0.600. The summed E-state index contributed by atoms with van der Waals surface area (Å²) >= 11 is 0. The van der Waals surface area contributed by atoms with E-state index in [9.17, 15) is 8.42 Å². The van der Waals surface area contributed by atoms with Crippen molar-refractivity contribution in [3.8, 4) is 0 Å². The Hall–Kier alpha value is -0.950. The van der Waals surface area contributed by atoms with Crippen molar-refractivity contribution in [3.05, 3.63) is 29.8 Å². The zero-order valence-electron chi connectivity index (χ0n) is 13.0. The van der Waals surface area contributed by atoms with E-state index >= 15 is 0 Å². The van der Waals surface area contributed by atoms with Crippen molar-refractivity contribution in [2.45, 2.75) is 43.8 Å². The topological polar surface area (TPSA) is 61.4 Å². The van der Waals surface area contributed by atoms with E-state index in [0.717, 1.165) is 25.1 Å². The molecule has 2 N–H and O–H groups in total. The number of nitrogens with one attached hydrogen (secondary N) is 2. The summed E-state index contributed by atoms with van der Waals surface area (Å²) in [6.07, 6.45) is 0.865. The minimum absolute atomic E-state index is 0.0115. The second-order valence-corrected chi connectivity index (χ2v) is 7.77. The molecule has 1 aliphatic heterocycles. The average molecular weight is 311 g/mol. The van der Waals surface area contributed by atoms with E-state index < -0.39 is 10.0 Å². The molecule has 0 aromatic heterocycles. The minimum Gasteiger partial charge on any atom is -0.310 e. The maximum Gasteiger partial charge on any atom is 0.240 e. The first-order chi connectivity index (χ1) is 9.87. The van der Waals surface area contributed by atoms with Crippen molar-refractivity contribution in [2.75, 3.05) is 20.1 Å². The second-order valence-electron chi connectivity index (χ2n) is 6.05. The molecule has 118 valence electrons. The molecule has 5 nitrogen and oxygen atoms in total. The number of rotatable bonds is 6. The summed E-state index contributed by atoms with van der Waals surface area (Å²) in [6.45, 7) is 6.52. The van der Waals surface area contributed by atoms with Gasteiger partial charge in [-0.3, -0.25) is 0 Å². The van der Waals surface area contributed by atoms with E-state index in [1.165, 1.54) is 0 Å². The van der Waals surface area contributed by atoms with Crippen molar-refractivity contribution >= 4 is 10.0 Å². The molecule has 21 heavy (non-hydrogen) atoms. The van der Waals surface area contributed by atoms with Crippen LogP contribution >= 0.6 is 0 Å². The first-order valence-electron chi connectivity index (χ1n) is 7.40. The molecule has 0 radical (unpaired) electrons. The maximum absolute atomic E-state index is 12.4. The molecule has 1 aromatic rings. The summed E-state index contributed by atoms with van der Waals surface area (Å²) in [7, 11) is -1.43. The zero-order valence-corrected chi connectivity index (χ0v) is 13.8. The predicted octanol–water partition coefficient (Wildman–Crippen LogP) is 1.17. The van der Waals surface area contributed by atoms with Crippen LogP contribution in [0.25, 0.3) is 0 Å². The van der Waals surface area contributed by atoms with Crippen LogP contribution in [0.2, 0.25) is 0 Å². The fourth-order valence-corrected chi connectivity index (χ4v) is 3.79. The van der Waals surface area contributed by atoms with Gasteiger partial charge in [-0.2, -0.15) is 0 Å². The molecule has 2 rings (SSSR count). The predicted molar refractivity (Wildman–Crippen MR) is 84.6 cm³/mol. The van der Waals surface area contributed by atoms with E-state index in [4.69, 9.17) is 0 Å². The number of sulfonamides is 1. The summed E-state index contributed by atoms with van der Waals surface area (Å²) in [4.78, 5) is 2.48. The fourth-order valence-electron chi connectivity index (χ4n) is 2.46. The number of benzene rings is 1. The first-order valence-corrected chi connectivity index (χ1v) is 8.88. The average Bonchev–Trinajstić information content (AvgIpc) is 2.81. The molecule has 0 amide bonds. The van der Waals surface area contributed by atoms with Gasteiger partial charge in [-0.1, -0.05) is 26.0 Å². The Kier molecular flexibility index (Phi) is 5.37. The highest BCUT2D eigenvalue weighted by Crippen LogP contribution is 2.15. The van der Waals surface area contributed by atoms with Gasteiger partial charge in [-0.25, -0.2) is 13.1 Å². The molecular formula is C15H25N3O2S. The Bertz CT molecular complexity index is 572. The molecular weight excluding hydrogens is 286 g/mol. The molecule has 1 fully saturated rings. The van der Waals surface area contributed by atoms with Crippen molar-refractivity contribution in [1.29, 1.82) is 0 Å². The van der Waals surface area contributed by atoms with Gasteiger partial charge in [-0.05, 0) is 37.7 Å². The lowest BCUT2D eigenvalue weighted by Crippen LogP contribution is -2.36. The van der Waals surface area contributed by atoms with Gasteiger partial charge in [0.2, 0.25) is 10.0 Å². The SMILES string of the molecule is CC(C)NCc1cccc(S(=O)(=O)NC2CCN(C)C2)c1. The summed E-state index contributed by atoms with van der Waals surface area (Å²) < 4.78 is 27.7. The molecule has 1 atom stereocenters. The van der Waals surface area contributed by atoms with Crippen molar-refractivity contribution in [3.63, 3.8) is 0 Å². The van der Waals surface area contributed by atoms with Crippen molar-refractivity contribution in [2.24, 2.45) is 0 Å². The standard InChI is InChI=1S/C15H25N3O2S/c1-12(2)16-10-13-5-4-6-15(9-13)21(19,20)17-14-7-8-18(3)11-14/h4-6,9,12,14,16-17H,7-8,10-11H2,1-3H3. The third kappa shape index (κ3) is 4.78. The third-order valence-electron chi connectivity index (χ3n) is 3.64. The molecule has 1 heterocycles. The van der Waals surface area contributed by atoms with E-state index in [1.54, 1.807) is 18.2 Å². The Morgan fingerprint density at radius 3 is 2.76 bits per heavy atom. The quantitative estimate of drug-likeness (QED) is 0.828. The molecule has 6 heteroatoms. The molecule has 1 unspecified atom stereocenters. The Balaban J connectivity index is 2.07. The van der Waals surface area contributed by atoms with Crippen LogP contribution in [0.5, 0.6) is 0 Å². The number of hydrogen-bond donors (Lipinski definition) is 2. The minimum atomic E-state index is -3.43. The highest BCUT2D eigenvalue weighted by atomic mass is 32.2. The smallest absolute Gasteiger partial charge is 0.240 e. The molecule has 1 aliphatic rings. The summed E-state index contributed by atoms with van der Waals surface area (Å²) in [5.74, 6) is 0. The molecule has 0 spiro atoms. The van der Waals surface area contributed by atoms with Crippen LogP contribution < -0.4 is 10.0 Å². The Labute approximate surface area is 127 Å². The van der Waals surface area contributed by atoms with Crippen LogP contribution in [0.1, 0.15) is 25.8 Å². The van der Waals surface area contributed by atoms with Crippen molar-refractivity contribution in [1.82, 2.24) is 14.9 Å². The molecule has 1 saturated heterocycles. The van der Waals surface area contributed by atoms with Crippen LogP contribution in [-0.2, 0) is 16.6 Å². The van der Waals surface area contributed by atoms with E-state index in [2.05, 4.69) is 28.8 Å². The Morgan fingerprint density at radius 2 is 2.14 bits per heavy atom. The molecule has 0 saturated carbocycles. The number of hydrogen-bond acceptors (Lipinski definition) is 4. The summed E-state index contributed by atoms with van der Waals surface area (Å²) in [5, 5.41) is 3.30. The van der Waals surface area contributed by atoms with Crippen LogP contribution in [0.15, 0.2) is 29.2 Å². The lowest BCUT2D eigenvalue weighted by atomic mass is 10.2. The van der Waals surface area contributed by atoms with Gasteiger partial charge < -0.3 is 10.2 Å². The van der Waals surface area contributed by atoms with Gasteiger partial charge in [0, 0.05) is 25.2 Å². The third-order valence-corrected chi connectivity index (χ3v) is 5.15. The zero-order chi connectivity index (χ0) is 15.5. The van der Waals surface area contributed by atoms with E-state index in [-0.39, 0.29) is 6.04 Å². The highest BCUT2D eigenvalue weighted by molar-refractivity contribution is 7.89. The summed E-state index contributed by atoms with van der Waals surface area (Å²) in [5.41, 5.74) is 0.982. The Morgan fingerprint density at radius 1 is 1.38 bits per heavy atom. The maximum atomic E-state index is 12.4. The second kappa shape index (κ2) is 6.87. The van der Waals surface area contributed by atoms with Gasteiger partial charge in [0.1, 0.15) is 0 Å². The molecule has 0 bridgehead atoms. The van der Waals surface area contributed by atoms with Gasteiger partial charge in [0.25, 0.3) is 0 Å². The monoisotopic (exact) mass is 311 g/mol. The van der Waals surface area contributed by atoms with Crippen LogP contribution in [-0.4, -0.2) is 45.5 Å². The lowest BCUT2D eigenvalue weighted by Gasteiger charge is -2.14. The molecule has 0 aliphatic carbocycles. The largest absolute Gasteiger partial charge is 0.310 e. The number of nitrogens with zero attached hydrogens (tertiary/aromatic N) is 1. The van der Waals surface area contributed by atoms with Crippen LogP contribution in [0.4, 0.5) is 0 Å². The van der Waals surface area contributed by atoms with E-state index in [1.807, 2.05) is 13.1 Å². The molecule has 1 aromatic carbocycles. The first kappa shape index (κ1) is 16.4. The van der Waals surface area contributed by atoms with Crippen LogP contribution in [0.3, 0.4) is 0 Å². The van der Waals surface area contributed by atoms with Crippen molar-refractivity contribution < 1.29 is 8.42 Å². The number of likely N-dealkylation sites (tertiary alicyclic amines) is 1. The number of likely N-dealkylation sites (N-methyl/N-ethyl adjacent to an activating group) is 1. The van der Waals surface area contributed by atoms with Gasteiger partial charge >= 0.3 is 0 Å². The normalized spacial score (nSPS) is 20.3. The van der Waals surface area contributed by atoms with Gasteiger partial charge in [-0.15, -0.1) is 0 Å².